The highest BCUT2D eigenvalue weighted by molar-refractivity contribution is 7.14. The third-order valence-electron chi connectivity index (χ3n) is 5.46. The Morgan fingerprint density at radius 2 is 1.75 bits per heavy atom. The summed E-state index contributed by atoms with van der Waals surface area (Å²) in [5, 5.41) is 5.26. The van der Waals surface area contributed by atoms with Crippen molar-refractivity contribution in [1.29, 1.82) is 0 Å². The van der Waals surface area contributed by atoms with Crippen molar-refractivity contribution in [1.82, 2.24) is 9.88 Å². The fourth-order valence-corrected chi connectivity index (χ4v) is 4.46. The number of ether oxygens (including phenoxy) is 1. The van der Waals surface area contributed by atoms with E-state index in [9.17, 15) is 9.59 Å². The number of amides is 2. The molecule has 0 unspecified atom stereocenters. The summed E-state index contributed by atoms with van der Waals surface area (Å²) in [6.07, 6.45) is 0.966. The molecule has 0 radical (unpaired) electrons. The van der Waals surface area contributed by atoms with Gasteiger partial charge in [0, 0.05) is 43.5 Å². The Hall–Kier alpha value is -3.39. The van der Waals surface area contributed by atoms with E-state index in [0.717, 1.165) is 30.2 Å². The minimum atomic E-state index is -0.185. The number of aromatic nitrogens is 1. The number of hydrogen-bond donors (Lipinski definition) is 1. The van der Waals surface area contributed by atoms with Crippen molar-refractivity contribution in [2.45, 2.75) is 12.8 Å². The summed E-state index contributed by atoms with van der Waals surface area (Å²) in [5.41, 5.74) is 2.47. The molecule has 0 spiro atoms. The first-order chi connectivity index (χ1) is 15.6. The number of thiazole rings is 1. The van der Waals surface area contributed by atoms with E-state index in [1.807, 2.05) is 52.7 Å². The number of benzene rings is 2. The highest BCUT2D eigenvalue weighted by Crippen LogP contribution is 2.28. The number of nitrogens with zero attached hydrogens (tertiary/aromatic N) is 3. The zero-order valence-electron chi connectivity index (χ0n) is 18.0. The Balaban J connectivity index is 1.25. The van der Waals surface area contributed by atoms with Gasteiger partial charge in [-0.2, -0.15) is 0 Å². The van der Waals surface area contributed by atoms with Gasteiger partial charge in [0.1, 0.15) is 5.75 Å². The van der Waals surface area contributed by atoms with E-state index in [4.69, 9.17) is 4.74 Å². The third-order valence-corrected chi connectivity index (χ3v) is 6.27. The zero-order valence-corrected chi connectivity index (χ0v) is 18.8. The van der Waals surface area contributed by atoms with Crippen LogP contribution in [0.4, 0.5) is 10.8 Å². The number of piperazine rings is 1. The molecule has 1 saturated heterocycles. The van der Waals surface area contributed by atoms with E-state index >= 15 is 0 Å². The SMILES string of the molecule is COc1ccccc1N1CCN(C(=O)CCc2csc(NC(=O)c3ccccc3)n2)CC1. The van der Waals surface area contributed by atoms with Crippen molar-refractivity contribution in [2.75, 3.05) is 43.5 Å². The van der Waals surface area contributed by atoms with E-state index in [-0.39, 0.29) is 11.8 Å². The molecule has 1 fully saturated rings. The first-order valence-corrected chi connectivity index (χ1v) is 11.5. The normalized spacial score (nSPS) is 13.7. The summed E-state index contributed by atoms with van der Waals surface area (Å²) in [6, 6.07) is 17.0. The molecule has 0 aliphatic carbocycles. The van der Waals surface area contributed by atoms with Crippen molar-refractivity contribution < 1.29 is 14.3 Å². The lowest BCUT2D eigenvalue weighted by Crippen LogP contribution is -2.48. The Morgan fingerprint density at radius 1 is 1.03 bits per heavy atom. The number of rotatable bonds is 7. The minimum absolute atomic E-state index is 0.132. The predicted octanol–water partition coefficient (Wildman–Crippen LogP) is 3.69. The number of para-hydroxylation sites is 2. The van der Waals surface area contributed by atoms with Crippen LogP contribution in [0.5, 0.6) is 5.75 Å². The van der Waals surface area contributed by atoms with E-state index < -0.39 is 0 Å². The quantitative estimate of drug-likeness (QED) is 0.594. The molecule has 3 aromatic rings. The highest BCUT2D eigenvalue weighted by Gasteiger charge is 2.23. The van der Waals surface area contributed by atoms with Crippen LogP contribution in [0.3, 0.4) is 0 Å². The summed E-state index contributed by atoms with van der Waals surface area (Å²) in [7, 11) is 1.68. The molecule has 0 saturated carbocycles. The van der Waals surface area contributed by atoms with Crippen LogP contribution in [0.1, 0.15) is 22.5 Å². The van der Waals surface area contributed by atoms with Crippen LogP contribution in [0.25, 0.3) is 0 Å². The molecule has 1 aromatic heterocycles. The van der Waals surface area contributed by atoms with Crippen LogP contribution in [0.15, 0.2) is 60.0 Å². The van der Waals surface area contributed by atoms with Gasteiger partial charge in [-0.05, 0) is 30.7 Å². The number of aryl methyl sites for hydroxylation is 1. The summed E-state index contributed by atoms with van der Waals surface area (Å²) >= 11 is 1.37. The van der Waals surface area contributed by atoms with Gasteiger partial charge in [-0.1, -0.05) is 30.3 Å². The van der Waals surface area contributed by atoms with E-state index in [2.05, 4.69) is 15.2 Å². The molecule has 166 valence electrons. The molecular weight excluding hydrogens is 424 g/mol. The molecule has 1 aliphatic rings. The smallest absolute Gasteiger partial charge is 0.257 e. The minimum Gasteiger partial charge on any atom is -0.495 e. The standard InChI is InChI=1S/C24H26N4O3S/c1-31-21-10-6-5-9-20(21)27-13-15-28(16-14-27)22(29)12-11-19-17-32-24(25-19)26-23(30)18-7-3-2-4-8-18/h2-10,17H,11-16H2,1H3,(H,25,26,30). The maximum Gasteiger partial charge on any atom is 0.257 e. The van der Waals surface area contributed by atoms with Crippen molar-refractivity contribution in [3.05, 3.63) is 71.2 Å². The number of anilines is 2. The molecule has 32 heavy (non-hydrogen) atoms. The predicted molar refractivity (Wildman–Crippen MR) is 127 cm³/mol. The van der Waals surface area contributed by atoms with Gasteiger partial charge in [-0.25, -0.2) is 4.98 Å². The Morgan fingerprint density at radius 3 is 2.50 bits per heavy atom. The molecule has 0 atom stereocenters. The van der Waals surface area contributed by atoms with Crippen LogP contribution in [-0.2, 0) is 11.2 Å². The van der Waals surface area contributed by atoms with Crippen molar-refractivity contribution >= 4 is 34.0 Å². The highest BCUT2D eigenvalue weighted by atomic mass is 32.1. The number of hydrogen-bond acceptors (Lipinski definition) is 6. The van der Waals surface area contributed by atoms with Gasteiger partial charge in [0.2, 0.25) is 5.91 Å². The fourth-order valence-electron chi connectivity index (χ4n) is 3.72. The summed E-state index contributed by atoms with van der Waals surface area (Å²) < 4.78 is 5.46. The molecule has 8 heteroatoms. The average Bonchev–Trinajstić information content (AvgIpc) is 3.30. The Bertz CT molecular complexity index is 1060. The lowest BCUT2D eigenvalue weighted by molar-refractivity contribution is -0.131. The topological polar surface area (TPSA) is 74.8 Å². The molecule has 2 aromatic carbocycles. The molecule has 7 nitrogen and oxygen atoms in total. The number of carbonyl (C=O) groups excluding carboxylic acids is 2. The monoisotopic (exact) mass is 450 g/mol. The van der Waals surface area contributed by atoms with Crippen LogP contribution >= 0.6 is 11.3 Å². The zero-order chi connectivity index (χ0) is 22.3. The molecule has 4 rings (SSSR count). The summed E-state index contributed by atoms with van der Waals surface area (Å²) in [6.45, 7) is 2.93. The van der Waals surface area contributed by atoms with Gasteiger partial charge in [-0.15, -0.1) is 11.3 Å². The van der Waals surface area contributed by atoms with Gasteiger partial charge in [0.15, 0.2) is 5.13 Å². The van der Waals surface area contributed by atoms with Gasteiger partial charge >= 0.3 is 0 Å². The average molecular weight is 451 g/mol. The summed E-state index contributed by atoms with van der Waals surface area (Å²) in [4.78, 5) is 33.6. The van der Waals surface area contributed by atoms with E-state index in [1.54, 1.807) is 19.2 Å². The second-order valence-corrected chi connectivity index (χ2v) is 8.36. The van der Waals surface area contributed by atoms with Crippen LogP contribution in [0, 0.1) is 0 Å². The van der Waals surface area contributed by atoms with Crippen LogP contribution in [0.2, 0.25) is 0 Å². The Kier molecular flexibility index (Phi) is 7.01. The van der Waals surface area contributed by atoms with E-state index in [0.29, 0.717) is 36.6 Å². The van der Waals surface area contributed by atoms with Crippen molar-refractivity contribution in [3.8, 4) is 5.75 Å². The molecule has 0 bridgehead atoms. The van der Waals surface area contributed by atoms with Crippen molar-refractivity contribution in [2.24, 2.45) is 0 Å². The first kappa shape index (κ1) is 21.8. The van der Waals surface area contributed by atoms with Crippen molar-refractivity contribution in [3.63, 3.8) is 0 Å². The Labute approximate surface area is 191 Å². The van der Waals surface area contributed by atoms with Gasteiger partial charge < -0.3 is 14.5 Å². The second-order valence-electron chi connectivity index (χ2n) is 7.50. The molecule has 2 heterocycles. The maximum absolute atomic E-state index is 12.7. The first-order valence-electron chi connectivity index (χ1n) is 10.6. The number of carbonyl (C=O) groups is 2. The van der Waals surface area contributed by atoms with Crippen LogP contribution in [-0.4, -0.2) is 55.0 Å². The van der Waals surface area contributed by atoms with E-state index in [1.165, 1.54) is 11.3 Å². The number of methoxy groups -OCH3 is 1. The molecule has 1 N–H and O–H groups in total. The lowest BCUT2D eigenvalue weighted by atomic mass is 10.2. The van der Waals surface area contributed by atoms with Gasteiger partial charge in [0.05, 0.1) is 18.5 Å². The molecule has 2 amide bonds. The second kappa shape index (κ2) is 10.3. The fraction of sp³-hybridized carbons (Fsp3) is 0.292. The van der Waals surface area contributed by atoms with Gasteiger partial charge in [0.25, 0.3) is 5.91 Å². The number of nitrogens with one attached hydrogen (secondary N) is 1. The molecular formula is C24H26N4O3S. The van der Waals surface area contributed by atoms with Crippen LogP contribution < -0.4 is 15.0 Å². The summed E-state index contributed by atoms with van der Waals surface area (Å²) in [5.74, 6) is 0.800. The largest absolute Gasteiger partial charge is 0.495 e. The molecule has 1 aliphatic heterocycles. The van der Waals surface area contributed by atoms with Gasteiger partial charge in [-0.3, -0.25) is 14.9 Å². The lowest BCUT2D eigenvalue weighted by Gasteiger charge is -2.36. The maximum atomic E-state index is 12.7. The third kappa shape index (κ3) is 5.26.